The molecule has 1 unspecified atom stereocenters. The fourth-order valence-electron chi connectivity index (χ4n) is 8.92. The summed E-state index contributed by atoms with van der Waals surface area (Å²) in [5, 5.41) is 89.2. The van der Waals surface area contributed by atoms with Crippen LogP contribution < -0.4 is 36.1 Å². The molecule has 3 saturated heterocycles. The third kappa shape index (κ3) is 16.9. The van der Waals surface area contributed by atoms with Crippen molar-refractivity contribution in [3.05, 3.63) is 59.7 Å². The van der Waals surface area contributed by atoms with Crippen LogP contribution in [0, 0.1) is 17.2 Å². The number of amides is 7. The molecule has 13 atom stereocenters. The number of carbonyl (C=O) groups excluding carboxylic acids is 8. The van der Waals surface area contributed by atoms with Gasteiger partial charge in [0.25, 0.3) is 0 Å². The van der Waals surface area contributed by atoms with Gasteiger partial charge in [-0.25, -0.2) is 4.79 Å². The van der Waals surface area contributed by atoms with Gasteiger partial charge in [0.05, 0.1) is 49.1 Å². The molecule has 0 aliphatic carbocycles. The summed E-state index contributed by atoms with van der Waals surface area (Å²) in [6, 6.07) is 4.05. The number of fused-ring (bicyclic) bond motifs is 2. The standard InChI is InChI=1S/C51H70N8O18/c1-26-23-59-42(43(26)66)47(70)53-22-31(62)20-33(54-50(73)77-51(4,5)6)44(67)55-39(27(2)60)48(71)58-24-32(63)21-34(58)45(68)56-40(46(69)57-41(49(59)72)35(64)14-15-52)36(65)18-30-12-13-37(76-25-29-10-8-7-9-11-29)38(19-30)75-17-16-74-28(3)61/h7-13,19,26-27,31-36,39-43,60,62-66H,14,16-18,20-25H2,1-6H3,(H,53,70)(H,54,73)(H,55,67)(H,56,68)(H,57,69)/t26-,27+,31+,32+,33?,34-,35+,36+,39-,40-,41-,42-,43-/m0/s1. The number of β-amino-alcohol motifs (C(OH)–C–C–N with tert-alkyl or cyclic N) is 1. The Balaban J connectivity index is 1.58. The van der Waals surface area contributed by atoms with E-state index in [1.807, 2.05) is 30.3 Å². The number of nitrogens with one attached hydrogen (secondary N) is 5. The largest absolute Gasteiger partial charge is 0.486 e. The third-order valence-electron chi connectivity index (χ3n) is 12.8. The minimum absolute atomic E-state index is 0.102. The van der Waals surface area contributed by atoms with E-state index < -0.39 is 171 Å². The summed E-state index contributed by atoms with van der Waals surface area (Å²) < 4.78 is 22.3. The lowest BCUT2D eigenvalue weighted by Crippen LogP contribution is -2.64. The maximum atomic E-state index is 14.7. The highest BCUT2D eigenvalue weighted by atomic mass is 16.6. The second-order valence-corrected chi connectivity index (χ2v) is 20.3. The highest BCUT2D eigenvalue weighted by molar-refractivity contribution is 5.98. The Morgan fingerprint density at radius 1 is 0.779 bits per heavy atom. The Bertz CT molecular complexity index is 2470. The molecule has 3 fully saturated rings. The molecule has 3 aliphatic rings. The van der Waals surface area contributed by atoms with Crippen LogP contribution in [0.4, 0.5) is 4.79 Å². The molecule has 26 heteroatoms. The Morgan fingerprint density at radius 2 is 1.44 bits per heavy atom. The Hall–Kier alpha value is -7.15. The van der Waals surface area contributed by atoms with Crippen molar-refractivity contribution in [3.63, 3.8) is 0 Å². The summed E-state index contributed by atoms with van der Waals surface area (Å²) in [5.74, 6) is -8.06. The summed E-state index contributed by atoms with van der Waals surface area (Å²) in [7, 11) is 0. The predicted octanol–water partition coefficient (Wildman–Crippen LogP) is -2.84. The molecule has 3 heterocycles. The maximum Gasteiger partial charge on any atom is 0.408 e. The van der Waals surface area contributed by atoms with Gasteiger partial charge in [0, 0.05) is 51.7 Å². The lowest BCUT2D eigenvalue weighted by atomic mass is 9.98. The molecule has 0 spiro atoms. The number of aliphatic hydroxyl groups excluding tert-OH is 6. The van der Waals surface area contributed by atoms with Crippen LogP contribution in [0.15, 0.2) is 48.5 Å². The first-order chi connectivity index (χ1) is 36.3. The molecular formula is C51H70N8O18. The number of hydrogen-bond acceptors (Lipinski definition) is 19. The van der Waals surface area contributed by atoms with E-state index in [0.717, 1.165) is 22.3 Å². The van der Waals surface area contributed by atoms with E-state index in [1.165, 1.54) is 52.8 Å². The van der Waals surface area contributed by atoms with Crippen molar-refractivity contribution in [3.8, 4) is 17.6 Å². The van der Waals surface area contributed by atoms with Crippen LogP contribution in [-0.4, -0.2) is 199 Å². The van der Waals surface area contributed by atoms with Gasteiger partial charge in [-0.05, 0) is 51.0 Å². The molecule has 0 radical (unpaired) electrons. The van der Waals surface area contributed by atoms with Crippen LogP contribution in [0.1, 0.15) is 71.9 Å². The molecule has 0 bridgehead atoms. The van der Waals surface area contributed by atoms with Crippen LogP contribution in [-0.2, 0) is 56.1 Å². The van der Waals surface area contributed by atoms with Gasteiger partial charge in [-0.2, -0.15) is 5.26 Å². The van der Waals surface area contributed by atoms with E-state index in [1.54, 1.807) is 6.07 Å². The van der Waals surface area contributed by atoms with Gasteiger partial charge >= 0.3 is 12.1 Å². The Kier molecular flexibility index (Phi) is 21.5. The number of benzene rings is 2. The van der Waals surface area contributed by atoms with Gasteiger partial charge in [-0.1, -0.05) is 43.3 Å². The van der Waals surface area contributed by atoms with Crippen molar-refractivity contribution in [2.24, 2.45) is 5.92 Å². The third-order valence-corrected chi connectivity index (χ3v) is 12.8. The van der Waals surface area contributed by atoms with Crippen LogP contribution >= 0.6 is 0 Å². The second kappa shape index (κ2) is 27.2. The molecule has 2 aromatic rings. The average molecular weight is 1080 g/mol. The number of carbonyl (C=O) groups is 8. The zero-order chi connectivity index (χ0) is 56.9. The number of ether oxygens (including phenoxy) is 4. The van der Waals surface area contributed by atoms with Crippen LogP contribution in [0.25, 0.3) is 0 Å². The first kappa shape index (κ1) is 60.7. The summed E-state index contributed by atoms with van der Waals surface area (Å²) in [4.78, 5) is 112. The van der Waals surface area contributed by atoms with Crippen LogP contribution in [0.3, 0.4) is 0 Å². The molecular weight excluding hydrogens is 1010 g/mol. The quantitative estimate of drug-likeness (QED) is 0.0671. The molecule has 77 heavy (non-hydrogen) atoms. The number of aliphatic hydroxyl groups is 6. The summed E-state index contributed by atoms with van der Waals surface area (Å²) in [6.07, 6.45) is -13.9. The van der Waals surface area contributed by atoms with Gasteiger partial charge in [-0.3, -0.25) is 33.6 Å². The van der Waals surface area contributed by atoms with E-state index in [0.29, 0.717) is 0 Å². The minimum Gasteiger partial charge on any atom is -0.486 e. The minimum atomic E-state index is -2.10. The fraction of sp³-hybridized carbons (Fsp3) is 0.588. The fourth-order valence-corrected chi connectivity index (χ4v) is 8.92. The zero-order valence-electron chi connectivity index (χ0n) is 43.6. The Labute approximate surface area is 444 Å². The first-order valence-electron chi connectivity index (χ1n) is 25.1. The zero-order valence-corrected chi connectivity index (χ0v) is 43.6. The van der Waals surface area contributed by atoms with Crippen molar-refractivity contribution in [2.75, 3.05) is 32.8 Å². The van der Waals surface area contributed by atoms with E-state index in [2.05, 4.69) is 26.6 Å². The maximum absolute atomic E-state index is 14.7. The van der Waals surface area contributed by atoms with E-state index in [9.17, 15) is 74.3 Å². The van der Waals surface area contributed by atoms with Gasteiger partial charge in [0.15, 0.2) is 11.5 Å². The molecule has 11 N–H and O–H groups in total. The van der Waals surface area contributed by atoms with Crippen LogP contribution in [0.2, 0.25) is 0 Å². The molecule has 2 aromatic carbocycles. The normalized spacial score (nSPS) is 27.2. The lowest BCUT2D eigenvalue weighted by Gasteiger charge is -2.33. The number of nitriles is 1. The number of esters is 1. The highest BCUT2D eigenvalue weighted by Crippen LogP contribution is 2.31. The van der Waals surface area contributed by atoms with Gasteiger partial charge < -0.3 is 86.0 Å². The topological polar surface area (TPSA) is 385 Å². The predicted molar refractivity (Wildman–Crippen MR) is 266 cm³/mol. The van der Waals surface area contributed by atoms with Crippen LogP contribution in [0.5, 0.6) is 11.5 Å². The smallest absolute Gasteiger partial charge is 0.408 e. The SMILES string of the molecule is CC(=O)OCCOc1cc(C[C@@H](O)[C@@H]2NC(=O)[C@@H]3C[C@@H](O)CN3C(=O)[C@H]([C@@H](C)O)NC(=O)C(NC(=O)OC(C)(C)C)C[C@@H](O)CNC(=O)[C@@H]3[C@@H](O)[C@@H](C)CN3C(=O)[C@H]([C@H](O)CC#N)NC2=O)ccc1OCc1ccccc1. The summed E-state index contributed by atoms with van der Waals surface area (Å²) >= 11 is 0. The molecule has 0 saturated carbocycles. The number of alkyl carbamates (subject to hydrolysis) is 1. The van der Waals surface area contributed by atoms with Crippen molar-refractivity contribution in [1.29, 1.82) is 5.26 Å². The molecule has 5 rings (SSSR count). The molecule has 7 amide bonds. The van der Waals surface area contributed by atoms with Crippen molar-refractivity contribution >= 4 is 47.5 Å². The van der Waals surface area contributed by atoms with Gasteiger partial charge in [-0.15, -0.1) is 0 Å². The monoisotopic (exact) mass is 1080 g/mol. The molecule has 3 aliphatic heterocycles. The van der Waals surface area contributed by atoms with Gasteiger partial charge in [0.1, 0.15) is 61.7 Å². The lowest BCUT2D eigenvalue weighted by molar-refractivity contribution is -0.147. The number of hydrogen-bond donors (Lipinski definition) is 11. The van der Waals surface area contributed by atoms with E-state index in [-0.39, 0.29) is 43.4 Å². The van der Waals surface area contributed by atoms with Crippen molar-refractivity contribution in [2.45, 2.75) is 152 Å². The average Bonchev–Trinajstić information content (AvgIpc) is 3.90. The first-order valence-corrected chi connectivity index (χ1v) is 25.1. The van der Waals surface area contributed by atoms with E-state index in [4.69, 9.17) is 18.9 Å². The van der Waals surface area contributed by atoms with Crippen molar-refractivity contribution < 1.29 is 87.9 Å². The van der Waals surface area contributed by atoms with Crippen molar-refractivity contribution in [1.82, 2.24) is 36.4 Å². The second-order valence-electron chi connectivity index (χ2n) is 20.3. The number of nitrogens with zero attached hydrogens (tertiary/aromatic N) is 3. The molecule has 0 aromatic heterocycles. The highest BCUT2D eigenvalue weighted by Gasteiger charge is 2.50. The molecule has 422 valence electrons. The Morgan fingerprint density at radius 3 is 2.09 bits per heavy atom. The van der Waals surface area contributed by atoms with E-state index >= 15 is 0 Å². The van der Waals surface area contributed by atoms with Gasteiger partial charge in [0.2, 0.25) is 35.4 Å². The summed E-state index contributed by atoms with van der Waals surface area (Å²) in [5.41, 5.74) is -0.0164. The summed E-state index contributed by atoms with van der Waals surface area (Å²) in [6.45, 7) is 6.69. The number of rotatable bonds is 14. The molecule has 26 nitrogen and oxygen atoms in total.